The number of rotatable bonds is 8. The molecule has 0 bridgehead atoms. The second kappa shape index (κ2) is 15.7. The van der Waals surface area contributed by atoms with Gasteiger partial charge in [0.25, 0.3) is 0 Å². The highest BCUT2D eigenvalue weighted by Crippen LogP contribution is 2.35. The number of hydrogen-bond acceptors (Lipinski definition) is 11. The quantitative estimate of drug-likeness (QED) is 0.158. The van der Waals surface area contributed by atoms with Crippen LogP contribution in [-0.4, -0.2) is 92.7 Å². The van der Waals surface area contributed by atoms with Crippen LogP contribution in [0.25, 0.3) is 44.6 Å². The number of aromatic carboxylic acids is 1. The molecule has 2 atom stereocenters. The number of carbonyl (C=O) groups excluding carboxylic acids is 1. The molecule has 0 amide bonds. The number of fused-ring (bicyclic) bond motifs is 2. The molecule has 2 aromatic heterocycles. The number of aliphatic hydroxyl groups is 2. The van der Waals surface area contributed by atoms with Crippen molar-refractivity contribution in [2.24, 2.45) is 0 Å². The molecule has 12 nitrogen and oxygen atoms in total. The molecule has 270 valence electrons. The molecule has 12 heteroatoms. The number of carbonyl (C=O) groups is 2. The number of methoxy groups -OCH3 is 1. The van der Waals surface area contributed by atoms with Gasteiger partial charge in [-0.3, -0.25) is 0 Å². The maximum Gasteiger partial charge on any atom is 0.337 e. The molecule has 0 unspecified atom stereocenters. The van der Waals surface area contributed by atoms with E-state index in [9.17, 15) is 24.9 Å². The van der Waals surface area contributed by atoms with Gasteiger partial charge in [-0.05, 0) is 62.1 Å². The number of carboxylic acid groups (broad SMARTS) is 1. The minimum atomic E-state index is -0.989. The van der Waals surface area contributed by atoms with Crippen LogP contribution in [0.4, 0.5) is 11.6 Å². The van der Waals surface area contributed by atoms with Crippen molar-refractivity contribution in [2.45, 2.75) is 37.8 Å². The van der Waals surface area contributed by atoms with E-state index >= 15 is 0 Å². The average Bonchev–Trinajstić information content (AvgIpc) is 3.90. The molecule has 53 heavy (non-hydrogen) atoms. The van der Waals surface area contributed by atoms with Crippen LogP contribution >= 0.6 is 0 Å². The van der Waals surface area contributed by atoms with Gasteiger partial charge >= 0.3 is 11.9 Å². The number of ether oxygens (including phenoxy) is 1. The Hall–Kier alpha value is -5.98. The van der Waals surface area contributed by atoms with E-state index in [1.807, 2.05) is 60.7 Å². The number of anilines is 2. The highest BCUT2D eigenvalue weighted by Gasteiger charge is 2.30. The molecule has 0 aliphatic carbocycles. The van der Waals surface area contributed by atoms with Crippen molar-refractivity contribution in [1.82, 2.24) is 19.9 Å². The summed E-state index contributed by atoms with van der Waals surface area (Å²) in [6.07, 6.45) is 3.81. The Morgan fingerprint density at radius 2 is 1.09 bits per heavy atom. The van der Waals surface area contributed by atoms with Gasteiger partial charge in [-0.2, -0.15) is 0 Å². The molecule has 4 heterocycles. The van der Waals surface area contributed by atoms with Crippen LogP contribution in [0.2, 0.25) is 0 Å². The summed E-state index contributed by atoms with van der Waals surface area (Å²) in [6, 6.07) is 29.7. The van der Waals surface area contributed by atoms with Crippen molar-refractivity contribution in [1.29, 1.82) is 0 Å². The second-order valence-corrected chi connectivity index (χ2v) is 13.1. The monoisotopic (exact) mass is 712 g/mol. The van der Waals surface area contributed by atoms with Crippen molar-refractivity contribution < 1.29 is 29.6 Å². The van der Waals surface area contributed by atoms with E-state index in [1.54, 1.807) is 36.4 Å². The summed E-state index contributed by atoms with van der Waals surface area (Å²) in [4.78, 5) is 46.6. The Bertz CT molecular complexity index is 2250. The zero-order valence-corrected chi connectivity index (χ0v) is 29.3. The summed E-state index contributed by atoms with van der Waals surface area (Å²) in [7, 11) is 1.36. The third-order valence-corrected chi connectivity index (χ3v) is 9.77. The SMILES string of the molecule is COC(=O)c1ccc2nc(-c3ccccc3)c(N3CCC[C@@H]3CO)nc2c1.O=C(O)c1ccc2nc(-c3ccccc3)c(N3CCC[C@@H]3CO)nc2c1. The van der Waals surface area contributed by atoms with Crippen molar-refractivity contribution in [3.8, 4) is 22.5 Å². The lowest BCUT2D eigenvalue weighted by molar-refractivity contribution is 0.0600. The normalized spacial score (nSPS) is 16.8. The molecule has 2 fully saturated rings. The van der Waals surface area contributed by atoms with E-state index in [-0.39, 0.29) is 30.9 Å². The first-order chi connectivity index (χ1) is 25.9. The third kappa shape index (κ3) is 7.37. The van der Waals surface area contributed by atoms with Gasteiger partial charge in [-0.25, -0.2) is 29.5 Å². The minimum Gasteiger partial charge on any atom is -0.478 e. The Kier molecular flexibility index (Phi) is 10.5. The molecule has 0 radical (unpaired) electrons. The molecule has 0 spiro atoms. The van der Waals surface area contributed by atoms with Crippen molar-refractivity contribution in [3.63, 3.8) is 0 Å². The van der Waals surface area contributed by atoms with Gasteiger partial charge in [0.1, 0.15) is 11.4 Å². The van der Waals surface area contributed by atoms with Crippen LogP contribution in [0, 0.1) is 0 Å². The summed E-state index contributed by atoms with van der Waals surface area (Å²) in [6.45, 7) is 1.76. The van der Waals surface area contributed by atoms with E-state index in [0.29, 0.717) is 33.4 Å². The Labute approximate surface area is 306 Å². The van der Waals surface area contributed by atoms with Gasteiger partial charge in [0.05, 0.1) is 65.6 Å². The minimum absolute atomic E-state index is 0.00636. The van der Waals surface area contributed by atoms with Gasteiger partial charge in [0.2, 0.25) is 0 Å². The highest BCUT2D eigenvalue weighted by atomic mass is 16.5. The fourth-order valence-corrected chi connectivity index (χ4v) is 7.06. The largest absolute Gasteiger partial charge is 0.478 e. The number of benzene rings is 4. The number of esters is 1. The Morgan fingerprint density at radius 1 is 0.642 bits per heavy atom. The zero-order chi connectivity index (χ0) is 36.9. The molecule has 8 rings (SSSR count). The van der Waals surface area contributed by atoms with Crippen LogP contribution in [-0.2, 0) is 4.74 Å². The predicted octanol–water partition coefficient (Wildman–Crippen LogP) is 6.00. The summed E-state index contributed by atoms with van der Waals surface area (Å²) >= 11 is 0. The lowest BCUT2D eigenvalue weighted by Crippen LogP contribution is -2.33. The van der Waals surface area contributed by atoms with Crippen molar-refractivity contribution in [3.05, 3.63) is 108 Å². The molecule has 2 saturated heterocycles. The summed E-state index contributed by atoms with van der Waals surface area (Å²) in [5.41, 5.74) is 6.63. The Morgan fingerprint density at radius 3 is 1.53 bits per heavy atom. The number of hydrogen-bond donors (Lipinski definition) is 3. The smallest absolute Gasteiger partial charge is 0.337 e. The van der Waals surface area contributed by atoms with Crippen LogP contribution in [0.3, 0.4) is 0 Å². The van der Waals surface area contributed by atoms with Gasteiger partial charge < -0.3 is 29.9 Å². The lowest BCUT2D eigenvalue weighted by Gasteiger charge is -2.26. The molecular formula is C41H40N6O6. The molecule has 3 N–H and O–H groups in total. The standard InChI is InChI=1S/C21H21N3O3.C20H19N3O3/c1-27-21(26)15-9-10-17-18(12-15)23-20(24-11-5-8-16(24)13-25)19(22-17)14-6-3-2-4-7-14;24-12-15-7-4-10-23(15)19-18(13-5-2-1-3-6-13)21-16-9-8-14(20(25)26)11-17(16)22-19/h2-4,6-7,9-10,12,16,25H,5,8,11,13H2,1H3;1-3,5-6,8-9,11,15,24H,4,7,10,12H2,(H,25,26)/t16-;15-/m11/s1. The van der Waals surface area contributed by atoms with E-state index in [2.05, 4.69) is 9.80 Å². The maximum absolute atomic E-state index is 11.9. The van der Waals surface area contributed by atoms with Crippen molar-refractivity contribution in [2.75, 3.05) is 43.2 Å². The fourth-order valence-electron chi connectivity index (χ4n) is 7.06. The molecule has 2 aliphatic heterocycles. The number of nitrogens with zero attached hydrogens (tertiary/aromatic N) is 6. The van der Waals surface area contributed by atoms with Crippen LogP contribution in [0.1, 0.15) is 46.4 Å². The molecule has 4 aromatic carbocycles. The van der Waals surface area contributed by atoms with E-state index in [1.165, 1.54) is 7.11 Å². The summed E-state index contributed by atoms with van der Waals surface area (Å²) in [5.74, 6) is 0.0497. The molecule has 2 aliphatic rings. The fraction of sp³-hybridized carbons (Fsp3) is 0.268. The third-order valence-electron chi connectivity index (χ3n) is 9.77. The van der Waals surface area contributed by atoms with Gasteiger partial charge in [0.15, 0.2) is 11.6 Å². The summed E-state index contributed by atoms with van der Waals surface area (Å²) < 4.78 is 4.81. The molecular weight excluding hydrogens is 672 g/mol. The second-order valence-electron chi connectivity index (χ2n) is 13.1. The molecule has 0 saturated carbocycles. The van der Waals surface area contributed by atoms with Crippen LogP contribution in [0.15, 0.2) is 97.1 Å². The summed E-state index contributed by atoms with van der Waals surface area (Å²) in [5, 5.41) is 28.7. The van der Waals surface area contributed by atoms with Gasteiger partial charge in [-0.1, -0.05) is 60.7 Å². The predicted molar refractivity (Wildman–Crippen MR) is 203 cm³/mol. The first-order valence-corrected chi connectivity index (χ1v) is 17.7. The first kappa shape index (κ1) is 35.4. The van der Waals surface area contributed by atoms with Gasteiger partial charge in [0, 0.05) is 24.2 Å². The zero-order valence-electron chi connectivity index (χ0n) is 29.3. The molecule has 6 aromatic rings. The average molecular weight is 713 g/mol. The number of carboxylic acids is 1. The van der Waals surface area contributed by atoms with E-state index in [4.69, 9.17) is 24.7 Å². The Balaban J connectivity index is 0.000000164. The van der Waals surface area contributed by atoms with E-state index in [0.717, 1.165) is 67.1 Å². The van der Waals surface area contributed by atoms with Crippen LogP contribution < -0.4 is 9.80 Å². The van der Waals surface area contributed by atoms with Gasteiger partial charge in [-0.15, -0.1) is 0 Å². The van der Waals surface area contributed by atoms with E-state index < -0.39 is 11.9 Å². The topological polar surface area (TPSA) is 162 Å². The number of aliphatic hydroxyl groups excluding tert-OH is 2. The highest BCUT2D eigenvalue weighted by molar-refractivity contribution is 5.95. The lowest BCUT2D eigenvalue weighted by atomic mass is 10.1. The van der Waals surface area contributed by atoms with Crippen LogP contribution in [0.5, 0.6) is 0 Å². The first-order valence-electron chi connectivity index (χ1n) is 17.7. The van der Waals surface area contributed by atoms with Crippen molar-refractivity contribution >= 4 is 45.6 Å². The number of aromatic nitrogens is 4. The maximum atomic E-state index is 11.9.